The summed E-state index contributed by atoms with van der Waals surface area (Å²) in [7, 11) is 0. The molecule has 0 unspecified atom stereocenters. The molecule has 0 heterocycles. The molecule has 4 heteroatoms. The number of imide groups is 1. The standard InChI is InChI=1S/C6H9NO3/c1-4(8)7(6(9)10)5-2-3-5/h5H,2-3H2,1H3,(H,9,10). The molecule has 1 saturated carbocycles. The van der Waals surface area contributed by atoms with Crippen molar-refractivity contribution in [3.05, 3.63) is 0 Å². The van der Waals surface area contributed by atoms with Crippen LogP contribution in [0, 0.1) is 0 Å². The van der Waals surface area contributed by atoms with Crippen molar-refractivity contribution in [2.24, 2.45) is 0 Å². The zero-order valence-corrected chi connectivity index (χ0v) is 5.70. The highest BCUT2D eigenvalue weighted by molar-refractivity contribution is 5.90. The number of amides is 2. The molecule has 0 bridgehead atoms. The van der Waals surface area contributed by atoms with Crippen LogP contribution in [0.3, 0.4) is 0 Å². The van der Waals surface area contributed by atoms with E-state index in [-0.39, 0.29) is 11.9 Å². The Morgan fingerprint density at radius 2 is 2.00 bits per heavy atom. The summed E-state index contributed by atoms with van der Waals surface area (Å²) in [5, 5.41) is 8.46. The summed E-state index contributed by atoms with van der Waals surface area (Å²) in [4.78, 5) is 21.8. The summed E-state index contributed by atoms with van der Waals surface area (Å²) in [5.41, 5.74) is 0. The van der Waals surface area contributed by atoms with E-state index in [1.54, 1.807) is 0 Å². The van der Waals surface area contributed by atoms with Gasteiger partial charge in [0, 0.05) is 13.0 Å². The smallest absolute Gasteiger partial charge is 0.414 e. The first-order chi connectivity index (χ1) is 4.63. The van der Waals surface area contributed by atoms with Crippen molar-refractivity contribution in [2.75, 3.05) is 0 Å². The predicted molar refractivity (Wildman–Crippen MR) is 33.6 cm³/mol. The second-order valence-corrected chi connectivity index (χ2v) is 2.40. The molecule has 0 spiro atoms. The zero-order valence-electron chi connectivity index (χ0n) is 5.70. The van der Waals surface area contributed by atoms with Gasteiger partial charge in [-0.15, -0.1) is 0 Å². The fraction of sp³-hybridized carbons (Fsp3) is 0.667. The second kappa shape index (κ2) is 2.28. The predicted octanol–water partition coefficient (Wildman–Crippen LogP) is 0.675. The van der Waals surface area contributed by atoms with Gasteiger partial charge < -0.3 is 5.11 Å². The van der Waals surface area contributed by atoms with Crippen molar-refractivity contribution < 1.29 is 14.7 Å². The van der Waals surface area contributed by atoms with Gasteiger partial charge in [0.05, 0.1) is 0 Å². The molecule has 1 N–H and O–H groups in total. The summed E-state index contributed by atoms with van der Waals surface area (Å²) in [6.07, 6.45) is 0.521. The molecule has 2 amide bonds. The third-order valence-corrected chi connectivity index (χ3v) is 1.46. The number of carbonyl (C=O) groups excluding carboxylic acids is 1. The fourth-order valence-electron chi connectivity index (χ4n) is 0.881. The minimum Gasteiger partial charge on any atom is -0.465 e. The van der Waals surface area contributed by atoms with E-state index in [1.165, 1.54) is 6.92 Å². The Balaban J connectivity index is 2.58. The summed E-state index contributed by atoms with van der Waals surface area (Å²) < 4.78 is 0. The van der Waals surface area contributed by atoms with E-state index in [4.69, 9.17) is 5.11 Å². The van der Waals surface area contributed by atoms with Crippen LogP contribution >= 0.6 is 0 Å². The minimum absolute atomic E-state index is 0.0324. The van der Waals surface area contributed by atoms with Crippen LogP contribution in [0.15, 0.2) is 0 Å². The molecule has 0 radical (unpaired) electrons. The van der Waals surface area contributed by atoms with Crippen molar-refractivity contribution in [1.82, 2.24) is 4.90 Å². The maximum atomic E-state index is 10.6. The van der Waals surface area contributed by atoms with Crippen molar-refractivity contribution >= 4 is 12.0 Å². The van der Waals surface area contributed by atoms with Gasteiger partial charge in [-0.1, -0.05) is 0 Å². The lowest BCUT2D eigenvalue weighted by molar-refractivity contribution is -0.127. The Morgan fingerprint density at radius 3 is 2.10 bits per heavy atom. The number of hydrogen-bond acceptors (Lipinski definition) is 2. The van der Waals surface area contributed by atoms with Crippen LogP contribution in [0.25, 0.3) is 0 Å². The Bertz CT molecular complexity index is 160. The van der Waals surface area contributed by atoms with E-state index in [9.17, 15) is 9.59 Å². The Hall–Kier alpha value is -1.06. The Kier molecular flexibility index (Phi) is 1.61. The molecule has 0 aromatic heterocycles. The molecule has 56 valence electrons. The fourth-order valence-corrected chi connectivity index (χ4v) is 0.881. The van der Waals surface area contributed by atoms with Crippen molar-refractivity contribution in [3.8, 4) is 0 Å². The van der Waals surface area contributed by atoms with E-state index in [1.807, 2.05) is 0 Å². The van der Waals surface area contributed by atoms with Gasteiger partial charge in [0.15, 0.2) is 0 Å². The first-order valence-electron chi connectivity index (χ1n) is 3.15. The largest absolute Gasteiger partial charge is 0.465 e. The highest BCUT2D eigenvalue weighted by Gasteiger charge is 2.35. The zero-order chi connectivity index (χ0) is 7.72. The molecule has 1 rings (SSSR count). The van der Waals surface area contributed by atoms with Gasteiger partial charge in [-0.25, -0.2) is 9.69 Å². The van der Waals surface area contributed by atoms with Gasteiger partial charge in [-0.3, -0.25) is 4.79 Å². The lowest BCUT2D eigenvalue weighted by atomic mass is 10.5. The molecule has 0 aliphatic heterocycles. The van der Waals surface area contributed by atoms with E-state index < -0.39 is 6.09 Å². The topological polar surface area (TPSA) is 57.6 Å². The van der Waals surface area contributed by atoms with Crippen molar-refractivity contribution in [1.29, 1.82) is 0 Å². The number of carbonyl (C=O) groups is 2. The molecule has 0 saturated heterocycles. The quantitative estimate of drug-likeness (QED) is 0.587. The first-order valence-corrected chi connectivity index (χ1v) is 3.15. The van der Waals surface area contributed by atoms with Crippen molar-refractivity contribution in [3.63, 3.8) is 0 Å². The molecule has 0 aromatic rings. The van der Waals surface area contributed by atoms with E-state index in [2.05, 4.69) is 0 Å². The molecule has 4 nitrogen and oxygen atoms in total. The maximum absolute atomic E-state index is 10.6. The summed E-state index contributed by atoms with van der Waals surface area (Å²) in [6, 6.07) is -0.0324. The van der Waals surface area contributed by atoms with Crippen LogP contribution in [0.1, 0.15) is 19.8 Å². The van der Waals surface area contributed by atoms with E-state index >= 15 is 0 Å². The van der Waals surface area contributed by atoms with Gasteiger partial charge in [-0.2, -0.15) is 0 Å². The normalized spacial score (nSPS) is 16.5. The number of carboxylic acid groups (broad SMARTS) is 1. The minimum atomic E-state index is -1.13. The summed E-state index contributed by atoms with van der Waals surface area (Å²) in [5.74, 6) is -0.380. The Morgan fingerprint density at radius 1 is 1.50 bits per heavy atom. The van der Waals surface area contributed by atoms with Crippen LogP contribution in [-0.4, -0.2) is 28.0 Å². The van der Waals surface area contributed by atoms with Gasteiger partial charge in [0.2, 0.25) is 5.91 Å². The molecular weight excluding hydrogens is 134 g/mol. The second-order valence-electron chi connectivity index (χ2n) is 2.40. The average Bonchev–Trinajstić information content (AvgIpc) is 2.46. The lowest BCUT2D eigenvalue weighted by Gasteiger charge is -2.12. The molecule has 1 aliphatic rings. The van der Waals surface area contributed by atoms with Crippen molar-refractivity contribution in [2.45, 2.75) is 25.8 Å². The molecule has 10 heavy (non-hydrogen) atoms. The van der Waals surface area contributed by atoms with E-state index in [0.29, 0.717) is 0 Å². The highest BCUT2D eigenvalue weighted by atomic mass is 16.4. The van der Waals surface area contributed by atoms with Gasteiger partial charge in [0.1, 0.15) is 0 Å². The lowest BCUT2D eigenvalue weighted by Crippen LogP contribution is -2.35. The monoisotopic (exact) mass is 143 g/mol. The van der Waals surface area contributed by atoms with Gasteiger partial charge in [0.25, 0.3) is 0 Å². The van der Waals surface area contributed by atoms with Gasteiger partial charge in [-0.05, 0) is 12.8 Å². The SMILES string of the molecule is CC(=O)N(C(=O)O)C1CC1. The molecule has 1 aliphatic carbocycles. The molecular formula is C6H9NO3. The number of nitrogens with zero attached hydrogens (tertiary/aromatic N) is 1. The maximum Gasteiger partial charge on any atom is 0.414 e. The number of rotatable bonds is 1. The average molecular weight is 143 g/mol. The third kappa shape index (κ3) is 1.26. The van der Waals surface area contributed by atoms with Gasteiger partial charge >= 0.3 is 6.09 Å². The van der Waals surface area contributed by atoms with Crippen LogP contribution in [0.2, 0.25) is 0 Å². The molecule has 1 fully saturated rings. The highest BCUT2D eigenvalue weighted by Crippen LogP contribution is 2.26. The summed E-state index contributed by atoms with van der Waals surface area (Å²) >= 11 is 0. The van der Waals surface area contributed by atoms with Crippen LogP contribution < -0.4 is 0 Å². The number of hydrogen-bond donors (Lipinski definition) is 1. The van der Waals surface area contributed by atoms with Crippen LogP contribution in [0.5, 0.6) is 0 Å². The molecule has 0 atom stereocenters. The summed E-state index contributed by atoms with van der Waals surface area (Å²) in [6.45, 7) is 1.27. The molecule has 0 aromatic carbocycles. The van der Waals surface area contributed by atoms with Crippen LogP contribution in [-0.2, 0) is 4.79 Å². The third-order valence-electron chi connectivity index (χ3n) is 1.46. The first kappa shape index (κ1) is 7.05. The van der Waals surface area contributed by atoms with E-state index in [0.717, 1.165) is 17.7 Å². The Labute approximate surface area is 58.4 Å². The van der Waals surface area contributed by atoms with Crippen LogP contribution in [0.4, 0.5) is 4.79 Å².